The number of nitrogens with one attached hydrogen (secondary N) is 1. The number of likely N-dealkylation sites (tertiary alicyclic amines) is 1. The average molecular weight is 536 g/mol. The SMILES string of the molecule is COc1ccc(-c2sc(C)nc2C(=O)N2C[C@@H]3CCC[C@@H]3[C@H]2CNC(=O)c2c(C)nc3sccn23)cc1. The van der Waals surface area contributed by atoms with E-state index >= 15 is 0 Å². The Kier molecular flexibility index (Phi) is 6.24. The van der Waals surface area contributed by atoms with Crippen LogP contribution >= 0.6 is 22.7 Å². The van der Waals surface area contributed by atoms with E-state index in [-0.39, 0.29) is 17.9 Å². The lowest BCUT2D eigenvalue weighted by Crippen LogP contribution is -2.46. The molecule has 37 heavy (non-hydrogen) atoms. The standard InChI is InChI=1S/C27H29N5O3S2/c1-15-23(31-11-12-36-27(31)29-15)25(33)28-13-21-20-6-4-5-18(20)14-32(21)26(34)22-24(37-16(2)30-22)17-7-9-19(35-3)10-8-17/h7-12,18,20-21H,4-6,13-14H2,1-3H3,(H,28,33)/t18-,20-,21+/m0/s1. The van der Waals surface area contributed by atoms with Crippen LogP contribution in [0.25, 0.3) is 15.4 Å². The third-order valence-electron chi connectivity index (χ3n) is 7.72. The fraction of sp³-hybridized carbons (Fsp3) is 0.407. The van der Waals surface area contributed by atoms with E-state index in [1.807, 2.05) is 59.0 Å². The summed E-state index contributed by atoms with van der Waals surface area (Å²) in [5, 5.41) is 5.92. The lowest BCUT2D eigenvalue weighted by Gasteiger charge is -2.28. The number of imidazole rings is 1. The maximum atomic E-state index is 14.0. The highest BCUT2D eigenvalue weighted by atomic mass is 32.1. The van der Waals surface area contributed by atoms with Crippen LogP contribution in [-0.4, -0.2) is 57.3 Å². The molecule has 192 valence electrons. The van der Waals surface area contributed by atoms with Gasteiger partial charge in [0.15, 0.2) is 4.96 Å². The number of amides is 2. The number of benzene rings is 1. The molecule has 2 aliphatic rings. The molecule has 0 bridgehead atoms. The van der Waals surface area contributed by atoms with E-state index in [0.29, 0.717) is 42.0 Å². The van der Waals surface area contributed by atoms with Gasteiger partial charge in [-0.1, -0.05) is 6.42 Å². The number of nitrogens with zero attached hydrogens (tertiary/aromatic N) is 4. The molecule has 0 unspecified atom stereocenters. The summed E-state index contributed by atoms with van der Waals surface area (Å²) >= 11 is 3.04. The minimum absolute atomic E-state index is 0.0513. The van der Waals surface area contributed by atoms with Crippen molar-refractivity contribution in [2.75, 3.05) is 20.2 Å². The van der Waals surface area contributed by atoms with Gasteiger partial charge in [-0.25, -0.2) is 9.97 Å². The summed E-state index contributed by atoms with van der Waals surface area (Å²) in [6, 6.07) is 7.69. The molecule has 0 radical (unpaired) electrons. The third-order valence-corrected chi connectivity index (χ3v) is 9.49. The minimum atomic E-state index is -0.152. The van der Waals surface area contributed by atoms with Gasteiger partial charge in [0.25, 0.3) is 11.8 Å². The predicted molar refractivity (Wildman–Crippen MR) is 145 cm³/mol. The monoisotopic (exact) mass is 535 g/mol. The maximum absolute atomic E-state index is 14.0. The Morgan fingerprint density at radius 1 is 1.16 bits per heavy atom. The van der Waals surface area contributed by atoms with E-state index in [1.54, 1.807) is 7.11 Å². The van der Waals surface area contributed by atoms with Gasteiger partial charge in [0.05, 0.1) is 28.7 Å². The predicted octanol–water partition coefficient (Wildman–Crippen LogP) is 4.82. The molecule has 1 saturated heterocycles. The first-order chi connectivity index (χ1) is 17.9. The van der Waals surface area contributed by atoms with Gasteiger partial charge in [0, 0.05) is 24.7 Å². The molecule has 4 aromatic rings. The van der Waals surface area contributed by atoms with Crippen LogP contribution in [0.1, 0.15) is 50.9 Å². The molecule has 0 spiro atoms. The average Bonchev–Trinajstić information content (AvgIpc) is 3.69. The fourth-order valence-corrected chi connectivity index (χ4v) is 7.68. The van der Waals surface area contributed by atoms with Gasteiger partial charge in [-0.3, -0.25) is 14.0 Å². The Morgan fingerprint density at radius 2 is 1.97 bits per heavy atom. The van der Waals surface area contributed by atoms with Crippen molar-refractivity contribution < 1.29 is 14.3 Å². The van der Waals surface area contributed by atoms with Gasteiger partial charge in [0.2, 0.25) is 0 Å². The van der Waals surface area contributed by atoms with Crippen LogP contribution < -0.4 is 10.1 Å². The maximum Gasteiger partial charge on any atom is 0.274 e. The molecule has 1 N–H and O–H groups in total. The van der Waals surface area contributed by atoms with Crippen LogP contribution in [0.3, 0.4) is 0 Å². The van der Waals surface area contributed by atoms with Gasteiger partial charge in [-0.05, 0) is 68.4 Å². The van der Waals surface area contributed by atoms with Gasteiger partial charge >= 0.3 is 0 Å². The van der Waals surface area contributed by atoms with Crippen LogP contribution in [0.2, 0.25) is 0 Å². The highest BCUT2D eigenvalue weighted by Crippen LogP contribution is 2.43. The molecule has 3 aromatic heterocycles. The molecule has 8 nitrogen and oxygen atoms in total. The Bertz CT molecular complexity index is 1470. The van der Waals surface area contributed by atoms with Gasteiger partial charge in [0.1, 0.15) is 17.1 Å². The molecule has 1 aromatic carbocycles. The molecule has 1 aliphatic carbocycles. The molecule has 2 fully saturated rings. The summed E-state index contributed by atoms with van der Waals surface area (Å²) in [4.78, 5) is 40.1. The first kappa shape index (κ1) is 24.1. The zero-order valence-electron chi connectivity index (χ0n) is 21.1. The Morgan fingerprint density at radius 3 is 2.76 bits per heavy atom. The molecule has 3 atom stereocenters. The lowest BCUT2D eigenvalue weighted by atomic mass is 9.94. The molecular weight excluding hydrogens is 506 g/mol. The van der Waals surface area contributed by atoms with Gasteiger partial charge in [-0.15, -0.1) is 22.7 Å². The summed E-state index contributed by atoms with van der Waals surface area (Å²) in [5.74, 6) is 1.43. The molecule has 4 heterocycles. The number of hydrogen-bond acceptors (Lipinski definition) is 7. The number of carbonyl (C=O) groups excluding carboxylic acids is 2. The van der Waals surface area contributed by atoms with E-state index in [2.05, 4.69) is 15.3 Å². The molecule has 1 aliphatic heterocycles. The second-order valence-electron chi connectivity index (χ2n) is 9.83. The second-order valence-corrected chi connectivity index (χ2v) is 11.9. The number of carbonyl (C=O) groups is 2. The van der Waals surface area contributed by atoms with Crippen LogP contribution in [0.15, 0.2) is 35.8 Å². The van der Waals surface area contributed by atoms with Crippen LogP contribution in [0.4, 0.5) is 0 Å². The minimum Gasteiger partial charge on any atom is -0.497 e. The summed E-state index contributed by atoms with van der Waals surface area (Å²) in [6.07, 6.45) is 5.25. The van der Waals surface area contributed by atoms with Gasteiger partial charge < -0.3 is 15.0 Å². The van der Waals surface area contributed by atoms with E-state index in [1.165, 1.54) is 29.1 Å². The summed E-state index contributed by atoms with van der Waals surface area (Å²) in [6.45, 7) is 4.93. The highest BCUT2D eigenvalue weighted by molar-refractivity contribution is 7.15. The van der Waals surface area contributed by atoms with Crippen molar-refractivity contribution in [3.05, 3.63) is 57.9 Å². The Labute approximate surface area is 223 Å². The quantitative estimate of drug-likeness (QED) is 0.383. The number of rotatable bonds is 6. The van der Waals surface area contributed by atoms with E-state index in [4.69, 9.17) is 4.74 Å². The topological polar surface area (TPSA) is 88.8 Å². The van der Waals surface area contributed by atoms with Crippen molar-refractivity contribution in [1.82, 2.24) is 24.6 Å². The number of hydrogen-bond donors (Lipinski definition) is 1. The second kappa shape index (κ2) is 9.57. The Hall–Kier alpha value is -3.24. The highest BCUT2D eigenvalue weighted by Gasteiger charge is 2.47. The van der Waals surface area contributed by atoms with E-state index < -0.39 is 0 Å². The van der Waals surface area contributed by atoms with Gasteiger partial charge in [-0.2, -0.15) is 0 Å². The summed E-state index contributed by atoms with van der Waals surface area (Å²) in [5.41, 5.74) is 2.72. The molecule has 2 amide bonds. The van der Waals surface area contributed by atoms with Crippen LogP contribution in [-0.2, 0) is 0 Å². The van der Waals surface area contributed by atoms with E-state index in [9.17, 15) is 9.59 Å². The van der Waals surface area contributed by atoms with Crippen molar-refractivity contribution >= 4 is 39.4 Å². The van der Waals surface area contributed by atoms with E-state index in [0.717, 1.165) is 39.0 Å². The summed E-state index contributed by atoms with van der Waals surface area (Å²) in [7, 11) is 1.64. The van der Waals surface area contributed by atoms with Crippen LogP contribution in [0, 0.1) is 25.7 Å². The lowest BCUT2D eigenvalue weighted by molar-refractivity contribution is 0.0696. The number of ether oxygens (including phenoxy) is 1. The van der Waals surface area contributed by atoms with Crippen LogP contribution in [0.5, 0.6) is 5.75 Å². The van der Waals surface area contributed by atoms with Crippen molar-refractivity contribution in [3.8, 4) is 16.2 Å². The number of thiazole rings is 2. The number of aryl methyl sites for hydroxylation is 2. The smallest absolute Gasteiger partial charge is 0.274 e. The number of fused-ring (bicyclic) bond motifs is 2. The van der Waals surface area contributed by atoms with Crippen molar-refractivity contribution in [3.63, 3.8) is 0 Å². The van der Waals surface area contributed by atoms with Crippen molar-refractivity contribution in [1.29, 1.82) is 0 Å². The van der Waals surface area contributed by atoms with Crippen molar-refractivity contribution in [2.24, 2.45) is 11.8 Å². The van der Waals surface area contributed by atoms with Crippen molar-refractivity contribution in [2.45, 2.75) is 39.2 Å². The fourth-order valence-electron chi connectivity index (χ4n) is 6.01. The molecule has 6 rings (SSSR count). The molecule has 10 heteroatoms. The molecular formula is C27H29N5O3S2. The number of aromatic nitrogens is 3. The largest absolute Gasteiger partial charge is 0.497 e. The zero-order valence-corrected chi connectivity index (χ0v) is 22.7. The third kappa shape index (κ3) is 4.21. The normalized spacial score (nSPS) is 20.9. The Balaban J connectivity index is 1.26. The molecule has 1 saturated carbocycles. The first-order valence-corrected chi connectivity index (χ1v) is 14.3. The summed E-state index contributed by atoms with van der Waals surface area (Å²) < 4.78 is 7.14. The first-order valence-electron chi connectivity index (χ1n) is 12.6. The number of methoxy groups -OCH3 is 1. The zero-order chi connectivity index (χ0) is 25.7.